The zero-order valence-electron chi connectivity index (χ0n) is 15.1. The van der Waals surface area contributed by atoms with Gasteiger partial charge in [-0.1, -0.05) is 37.3 Å². The van der Waals surface area contributed by atoms with Crippen LogP contribution in [0, 0.1) is 0 Å². The molecule has 0 radical (unpaired) electrons. The van der Waals surface area contributed by atoms with Gasteiger partial charge in [0.2, 0.25) is 0 Å². The van der Waals surface area contributed by atoms with E-state index in [1.54, 1.807) is 0 Å². The molecule has 2 aromatic rings. The van der Waals surface area contributed by atoms with Crippen molar-refractivity contribution in [3.8, 4) is 0 Å². The quantitative estimate of drug-likeness (QED) is 0.687. The number of fused-ring (bicyclic) bond motifs is 1. The normalized spacial score (nSPS) is 23.1. The number of aliphatic imine (C=N–C) groups is 1. The molecule has 0 aliphatic carbocycles. The highest BCUT2D eigenvalue weighted by molar-refractivity contribution is 5.80. The van der Waals surface area contributed by atoms with Crippen LogP contribution in [0.4, 0.5) is 0 Å². The molecule has 3 heterocycles. The van der Waals surface area contributed by atoms with Crippen molar-refractivity contribution in [2.45, 2.75) is 44.7 Å². The highest BCUT2D eigenvalue weighted by Crippen LogP contribution is 2.33. The van der Waals surface area contributed by atoms with E-state index < -0.39 is 0 Å². The minimum atomic E-state index is 0.176. The van der Waals surface area contributed by atoms with E-state index in [4.69, 9.17) is 0 Å². The lowest BCUT2D eigenvalue weighted by Gasteiger charge is -2.27. The van der Waals surface area contributed by atoms with Gasteiger partial charge in [-0.2, -0.15) is 0 Å². The summed E-state index contributed by atoms with van der Waals surface area (Å²) in [6.45, 7) is 6.06. The third kappa shape index (κ3) is 3.01. The molecule has 4 rings (SSSR count). The van der Waals surface area contributed by atoms with Gasteiger partial charge in [-0.25, -0.2) is 0 Å². The summed E-state index contributed by atoms with van der Waals surface area (Å²) in [5.41, 5.74) is 1.58. The fraction of sp³-hybridized carbons (Fsp3) is 0.526. The molecule has 1 N–H and O–H groups in total. The lowest BCUT2D eigenvalue weighted by molar-refractivity contribution is 0.437. The van der Waals surface area contributed by atoms with E-state index in [0.29, 0.717) is 6.54 Å². The maximum Gasteiger partial charge on any atom is 0.194 e. The smallest absolute Gasteiger partial charge is 0.194 e. The highest BCUT2D eigenvalue weighted by Gasteiger charge is 2.36. The van der Waals surface area contributed by atoms with Crippen molar-refractivity contribution in [1.82, 2.24) is 25.0 Å². The summed E-state index contributed by atoms with van der Waals surface area (Å²) in [5, 5.41) is 12.1. The molecule has 132 valence electrons. The second-order valence-corrected chi connectivity index (χ2v) is 7.29. The minimum absolute atomic E-state index is 0.176. The van der Waals surface area contributed by atoms with Crippen LogP contribution in [-0.2, 0) is 24.9 Å². The summed E-state index contributed by atoms with van der Waals surface area (Å²) in [7, 11) is 1.86. The number of benzene rings is 1. The number of nitrogens with zero attached hydrogens (tertiary/aromatic N) is 5. The predicted octanol–water partition coefficient (Wildman–Crippen LogP) is 1.96. The average molecular weight is 338 g/mol. The summed E-state index contributed by atoms with van der Waals surface area (Å²) in [4.78, 5) is 6.85. The maximum atomic E-state index is 4.50. The van der Waals surface area contributed by atoms with E-state index in [2.05, 4.69) is 67.2 Å². The maximum absolute atomic E-state index is 4.50. The number of hydrogen-bond acceptors (Lipinski definition) is 3. The van der Waals surface area contributed by atoms with Crippen molar-refractivity contribution in [3.63, 3.8) is 0 Å². The molecule has 1 saturated heterocycles. The molecule has 2 aliphatic heterocycles. The summed E-state index contributed by atoms with van der Waals surface area (Å²) in [6.07, 6.45) is 3.36. The van der Waals surface area contributed by atoms with Gasteiger partial charge in [0.05, 0.1) is 6.54 Å². The number of guanidine groups is 1. The number of rotatable bonds is 3. The Balaban J connectivity index is 1.42. The molecule has 2 aliphatic rings. The molecule has 0 spiro atoms. The Morgan fingerprint density at radius 3 is 2.88 bits per heavy atom. The van der Waals surface area contributed by atoms with Gasteiger partial charge in [0.1, 0.15) is 5.82 Å². The largest absolute Gasteiger partial charge is 0.349 e. The zero-order chi connectivity index (χ0) is 17.3. The fourth-order valence-electron chi connectivity index (χ4n) is 4.05. The molecule has 25 heavy (non-hydrogen) atoms. The van der Waals surface area contributed by atoms with Crippen molar-refractivity contribution in [1.29, 1.82) is 0 Å². The van der Waals surface area contributed by atoms with Crippen molar-refractivity contribution >= 4 is 5.96 Å². The van der Waals surface area contributed by atoms with Crippen molar-refractivity contribution in [2.24, 2.45) is 4.99 Å². The first-order chi connectivity index (χ1) is 12.2. The Bertz CT molecular complexity index is 765. The van der Waals surface area contributed by atoms with E-state index in [-0.39, 0.29) is 5.41 Å². The first-order valence-corrected chi connectivity index (χ1v) is 9.12. The Morgan fingerprint density at radius 2 is 2.08 bits per heavy atom. The number of hydrogen-bond donors (Lipinski definition) is 1. The van der Waals surface area contributed by atoms with Gasteiger partial charge in [0, 0.05) is 38.5 Å². The number of aryl methyl sites for hydroxylation is 1. The topological polar surface area (TPSA) is 58.3 Å². The van der Waals surface area contributed by atoms with E-state index in [0.717, 1.165) is 50.1 Å². The number of aromatic nitrogens is 3. The van der Waals surface area contributed by atoms with Crippen molar-refractivity contribution in [3.05, 3.63) is 47.5 Å². The molecular formula is C19H26N6. The van der Waals surface area contributed by atoms with Crippen LogP contribution in [0.1, 0.15) is 37.0 Å². The standard InChI is InChI=1S/C19H26N6/c1-19(15-7-4-3-5-8-15)10-12-24(14-19)18(20-2)21-13-17-23-22-16-9-6-11-25(16)17/h3-5,7-8H,6,9-14H2,1-2H3,(H,20,21). The summed E-state index contributed by atoms with van der Waals surface area (Å²) < 4.78 is 2.23. The third-order valence-corrected chi connectivity index (χ3v) is 5.55. The molecule has 0 bridgehead atoms. The fourth-order valence-corrected chi connectivity index (χ4v) is 4.05. The summed E-state index contributed by atoms with van der Waals surface area (Å²) >= 11 is 0. The lowest BCUT2D eigenvalue weighted by atomic mass is 9.82. The van der Waals surface area contributed by atoms with Crippen LogP contribution in [0.25, 0.3) is 0 Å². The molecule has 1 aromatic carbocycles. The highest BCUT2D eigenvalue weighted by atomic mass is 15.3. The average Bonchev–Trinajstić information content (AvgIpc) is 3.34. The van der Waals surface area contributed by atoms with Gasteiger partial charge in [-0.3, -0.25) is 4.99 Å². The molecule has 1 unspecified atom stereocenters. The Hall–Kier alpha value is -2.37. The molecule has 6 nitrogen and oxygen atoms in total. The Kier molecular flexibility index (Phi) is 4.19. The molecule has 0 amide bonds. The van der Waals surface area contributed by atoms with E-state index in [1.807, 2.05) is 7.05 Å². The van der Waals surface area contributed by atoms with Crippen molar-refractivity contribution in [2.75, 3.05) is 20.1 Å². The molecule has 6 heteroatoms. The monoisotopic (exact) mass is 338 g/mol. The Morgan fingerprint density at radius 1 is 1.24 bits per heavy atom. The second-order valence-electron chi connectivity index (χ2n) is 7.29. The first kappa shape index (κ1) is 16.1. The van der Waals surface area contributed by atoms with E-state index >= 15 is 0 Å². The molecule has 0 saturated carbocycles. The van der Waals surface area contributed by atoms with Crippen LogP contribution in [-0.4, -0.2) is 45.8 Å². The zero-order valence-corrected chi connectivity index (χ0v) is 15.1. The Labute approximate surface area is 149 Å². The van der Waals surface area contributed by atoms with Gasteiger partial charge in [0.15, 0.2) is 11.8 Å². The van der Waals surface area contributed by atoms with Gasteiger partial charge >= 0.3 is 0 Å². The van der Waals surface area contributed by atoms with Gasteiger partial charge in [0.25, 0.3) is 0 Å². The van der Waals surface area contributed by atoms with Crippen LogP contribution in [0.3, 0.4) is 0 Å². The molecular weight excluding hydrogens is 312 g/mol. The molecule has 1 aromatic heterocycles. The van der Waals surface area contributed by atoms with Gasteiger partial charge in [-0.15, -0.1) is 10.2 Å². The molecule has 1 fully saturated rings. The van der Waals surface area contributed by atoms with E-state index in [1.165, 1.54) is 12.0 Å². The van der Waals surface area contributed by atoms with Crippen LogP contribution < -0.4 is 5.32 Å². The van der Waals surface area contributed by atoms with Crippen LogP contribution in [0.5, 0.6) is 0 Å². The van der Waals surface area contributed by atoms with Gasteiger partial charge in [-0.05, 0) is 18.4 Å². The van der Waals surface area contributed by atoms with Crippen LogP contribution >= 0.6 is 0 Å². The minimum Gasteiger partial charge on any atom is -0.349 e. The predicted molar refractivity (Wildman–Crippen MR) is 98.5 cm³/mol. The summed E-state index contributed by atoms with van der Waals surface area (Å²) in [5.74, 6) is 3.08. The van der Waals surface area contributed by atoms with Crippen LogP contribution in [0.2, 0.25) is 0 Å². The van der Waals surface area contributed by atoms with E-state index in [9.17, 15) is 0 Å². The lowest BCUT2D eigenvalue weighted by Crippen LogP contribution is -2.41. The third-order valence-electron chi connectivity index (χ3n) is 5.55. The van der Waals surface area contributed by atoms with Gasteiger partial charge < -0.3 is 14.8 Å². The second kappa shape index (κ2) is 6.50. The number of nitrogens with one attached hydrogen (secondary N) is 1. The SMILES string of the molecule is CN=C(NCc1nnc2n1CCC2)N1CCC(C)(c2ccccc2)C1. The molecule has 1 atom stereocenters. The number of likely N-dealkylation sites (tertiary alicyclic amines) is 1. The summed E-state index contributed by atoms with van der Waals surface area (Å²) in [6, 6.07) is 10.8. The first-order valence-electron chi connectivity index (χ1n) is 9.12. The van der Waals surface area contributed by atoms with Crippen LogP contribution in [0.15, 0.2) is 35.3 Å². The van der Waals surface area contributed by atoms with Crippen molar-refractivity contribution < 1.29 is 0 Å².